The molecule has 0 aliphatic carbocycles. The number of rotatable bonds is 3. The van der Waals surface area contributed by atoms with Gasteiger partial charge in [-0.1, -0.05) is 17.7 Å². The Hall–Kier alpha value is -2.66. The topological polar surface area (TPSA) is 75.1 Å². The molecule has 2 heterocycles. The minimum absolute atomic E-state index is 0.0464. The van der Waals surface area contributed by atoms with Crippen LogP contribution in [-0.2, 0) is 0 Å². The molecule has 0 saturated heterocycles. The summed E-state index contributed by atoms with van der Waals surface area (Å²) in [5, 5.41) is 13.2. The number of halogens is 1. The van der Waals surface area contributed by atoms with Crippen molar-refractivity contribution in [2.24, 2.45) is 0 Å². The number of fused-ring (bicyclic) bond motifs is 1. The highest BCUT2D eigenvalue weighted by Gasteiger charge is 2.10. The summed E-state index contributed by atoms with van der Waals surface area (Å²) >= 11 is 6.07. The van der Waals surface area contributed by atoms with Gasteiger partial charge in [0.1, 0.15) is 5.82 Å². The third-order valence-electron chi connectivity index (χ3n) is 2.99. The van der Waals surface area contributed by atoms with Gasteiger partial charge in [0, 0.05) is 23.5 Å². The second-order valence-electron chi connectivity index (χ2n) is 4.36. The van der Waals surface area contributed by atoms with E-state index in [2.05, 4.69) is 15.3 Å². The molecule has 0 spiro atoms. The van der Waals surface area contributed by atoms with E-state index in [1.807, 2.05) is 30.3 Å². The second-order valence-corrected chi connectivity index (χ2v) is 4.77. The van der Waals surface area contributed by atoms with Gasteiger partial charge < -0.3 is 10.4 Å². The lowest BCUT2D eigenvalue weighted by Crippen LogP contribution is -2.01. The predicted octanol–water partition coefficient (Wildman–Crippen LogP) is 3.73. The standard InChI is InChI=1S/C15H10ClN3O2/c16-11-7-9(15(20)21)8-18-14(11)19-13-5-1-4-12-10(13)3-2-6-17-12/h1-8H,(H,18,19)(H,20,21). The zero-order valence-electron chi connectivity index (χ0n) is 10.7. The maximum Gasteiger partial charge on any atom is 0.337 e. The van der Waals surface area contributed by atoms with Crippen LogP contribution in [0.25, 0.3) is 10.9 Å². The summed E-state index contributed by atoms with van der Waals surface area (Å²) < 4.78 is 0. The van der Waals surface area contributed by atoms with Crippen LogP contribution in [-0.4, -0.2) is 21.0 Å². The maximum absolute atomic E-state index is 10.9. The molecule has 2 N–H and O–H groups in total. The normalized spacial score (nSPS) is 10.5. The number of hydrogen-bond donors (Lipinski definition) is 2. The van der Waals surface area contributed by atoms with Crippen LogP contribution in [0.15, 0.2) is 48.8 Å². The summed E-state index contributed by atoms with van der Waals surface area (Å²) in [7, 11) is 0. The molecule has 21 heavy (non-hydrogen) atoms. The summed E-state index contributed by atoms with van der Waals surface area (Å²) in [6.07, 6.45) is 2.99. The summed E-state index contributed by atoms with van der Waals surface area (Å²) in [6, 6.07) is 10.8. The number of hydrogen-bond acceptors (Lipinski definition) is 4. The summed E-state index contributed by atoms with van der Waals surface area (Å²) in [5.74, 6) is -0.664. The number of carbonyl (C=O) groups is 1. The van der Waals surface area contributed by atoms with Crippen molar-refractivity contribution in [2.45, 2.75) is 0 Å². The Morgan fingerprint density at radius 1 is 1.19 bits per heavy atom. The highest BCUT2D eigenvalue weighted by molar-refractivity contribution is 6.33. The van der Waals surface area contributed by atoms with Crippen LogP contribution in [0.3, 0.4) is 0 Å². The van der Waals surface area contributed by atoms with Gasteiger partial charge in [0.05, 0.1) is 16.1 Å². The van der Waals surface area contributed by atoms with E-state index in [0.717, 1.165) is 16.6 Å². The number of benzene rings is 1. The first-order valence-corrected chi connectivity index (χ1v) is 6.52. The molecule has 0 radical (unpaired) electrons. The first-order valence-electron chi connectivity index (χ1n) is 6.15. The minimum Gasteiger partial charge on any atom is -0.478 e. The number of anilines is 2. The van der Waals surface area contributed by atoms with Crippen molar-refractivity contribution in [2.75, 3.05) is 5.32 Å². The fourth-order valence-electron chi connectivity index (χ4n) is 1.99. The Bertz CT molecular complexity index is 831. The van der Waals surface area contributed by atoms with E-state index in [-0.39, 0.29) is 10.6 Å². The lowest BCUT2D eigenvalue weighted by Gasteiger charge is -2.10. The van der Waals surface area contributed by atoms with Gasteiger partial charge in [0.25, 0.3) is 0 Å². The van der Waals surface area contributed by atoms with Gasteiger partial charge >= 0.3 is 5.97 Å². The first kappa shape index (κ1) is 13.3. The molecule has 104 valence electrons. The third kappa shape index (κ3) is 2.64. The van der Waals surface area contributed by atoms with Crippen molar-refractivity contribution in [1.82, 2.24) is 9.97 Å². The number of aromatic nitrogens is 2. The number of nitrogens with zero attached hydrogens (tertiary/aromatic N) is 2. The second kappa shape index (κ2) is 5.38. The average molecular weight is 300 g/mol. The highest BCUT2D eigenvalue weighted by atomic mass is 35.5. The number of aromatic carboxylic acids is 1. The number of nitrogens with one attached hydrogen (secondary N) is 1. The van der Waals surface area contributed by atoms with E-state index in [1.165, 1.54) is 12.3 Å². The molecule has 0 amide bonds. The molecule has 1 aromatic carbocycles. The smallest absolute Gasteiger partial charge is 0.337 e. The molecule has 0 unspecified atom stereocenters. The molecule has 0 bridgehead atoms. The van der Waals surface area contributed by atoms with E-state index >= 15 is 0 Å². The molecule has 0 atom stereocenters. The van der Waals surface area contributed by atoms with E-state index in [9.17, 15) is 4.79 Å². The largest absolute Gasteiger partial charge is 0.478 e. The van der Waals surface area contributed by atoms with Gasteiger partial charge in [-0.25, -0.2) is 9.78 Å². The van der Waals surface area contributed by atoms with Crippen molar-refractivity contribution in [3.8, 4) is 0 Å². The number of carboxylic acids is 1. The molecule has 0 fully saturated rings. The Morgan fingerprint density at radius 3 is 2.81 bits per heavy atom. The molecule has 6 heteroatoms. The fourth-order valence-corrected chi connectivity index (χ4v) is 2.20. The minimum atomic E-state index is -1.06. The Balaban J connectivity index is 2.01. The molecule has 5 nitrogen and oxygen atoms in total. The van der Waals surface area contributed by atoms with Crippen molar-refractivity contribution < 1.29 is 9.90 Å². The number of pyridine rings is 2. The summed E-state index contributed by atoms with van der Waals surface area (Å²) in [5.41, 5.74) is 1.70. The third-order valence-corrected chi connectivity index (χ3v) is 3.28. The van der Waals surface area contributed by atoms with Crippen LogP contribution < -0.4 is 5.32 Å². The predicted molar refractivity (Wildman–Crippen MR) is 81.2 cm³/mol. The van der Waals surface area contributed by atoms with Crippen LogP contribution in [0.5, 0.6) is 0 Å². The highest BCUT2D eigenvalue weighted by Crippen LogP contribution is 2.28. The Kier molecular flexibility index (Phi) is 3.41. The van der Waals surface area contributed by atoms with Gasteiger partial charge in [-0.2, -0.15) is 0 Å². The first-order chi connectivity index (χ1) is 10.1. The van der Waals surface area contributed by atoms with Crippen molar-refractivity contribution in [3.05, 3.63) is 59.4 Å². The van der Waals surface area contributed by atoms with Gasteiger partial charge in [-0.15, -0.1) is 0 Å². The molecule has 3 aromatic rings. The van der Waals surface area contributed by atoms with Crippen molar-refractivity contribution >= 4 is 40.0 Å². The average Bonchev–Trinajstić information content (AvgIpc) is 2.49. The van der Waals surface area contributed by atoms with Gasteiger partial charge in [-0.05, 0) is 30.3 Å². The molecule has 0 saturated carbocycles. The molecular weight excluding hydrogens is 290 g/mol. The Labute approximate surface area is 125 Å². The fraction of sp³-hybridized carbons (Fsp3) is 0. The monoisotopic (exact) mass is 299 g/mol. The lowest BCUT2D eigenvalue weighted by molar-refractivity contribution is 0.0696. The molecule has 0 aliphatic heterocycles. The van der Waals surface area contributed by atoms with Crippen LogP contribution >= 0.6 is 11.6 Å². The van der Waals surface area contributed by atoms with Crippen LogP contribution in [0, 0.1) is 0 Å². The van der Waals surface area contributed by atoms with Crippen LogP contribution in [0.1, 0.15) is 10.4 Å². The van der Waals surface area contributed by atoms with Gasteiger partial charge in [-0.3, -0.25) is 4.98 Å². The molecule has 0 aliphatic rings. The van der Waals surface area contributed by atoms with Crippen LogP contribution in [0.4, 0.5) is 11.5 Å². The van der Waals surface area contributed by atoms with E-state index in [0.29, 0.717) is 5.82 Å². The lowest BCUT2D eigenvalue weighted by atomic mass is 10.2. The van der Waals surface area contributed by atoms with Crippen molar-refractivity contribution in [3.63, 3.8) is 0 Å². The molecule has 3 rings (SSSR count). The Morgan fingerprint density at radius 2 is 2.05 bits per heavy atom. The summed E-state index contributed by atoms with van der Waals surface area (Å²) in [4.78, 5) is 19.2. The maximum atomic E-state index is 10.9. The molecule has 2 aromatic heterocycles. The SMILES string of the molecule is O=C(O)c1cnc(Nc2cccc3ncccc23)c(Cl)c1. The van der Waals surface area contributed by atoms with Crippen molar-refractivity contribution in [1.29, 1.82) is 0 Å². The van der Waals surface area contributed by atoms with E-state index in [1.54, 1.807) is 6.20 Å². The quantitative estimate of drug-likeness (QED) is 0.771. The zero-order chi connectivity index (χ0) is 14.8. The number of carboxylic acid groups (broad SMARTS) is 1. The summed E-state index contributed by atoms with van der Waals surface area (Å²) in [6.45, 7) is 0. The van der Waals surface area contributed by atoms with E-state index in [4.69, 9.17) is 16.7 Å². The van der Waals surface area contributed by atoms with Gasteiger partial charge in [0.15, 0.2) is 0 Å². The van der Waals surface area contributed by atoms with Gasteiger partial charge in [0.2, 0.25) is 0 Å². The van der Waals surface area contributed by atoms with E-state index < -0.39 is 5.97 Å². The van der Waals surface area contributed by atoms with Crippen LogP contribution in [0.2, 0.25) is 5.02 Å². The molecular formula is C15H10ClN3O2. The zero-order valence-corrected chi connectivity index (χ0v) is 11.5.